The number of thiophene rings is 1. The first-order chi connectivity index (χ1) is 25.3. The molecule has 51 heavy (non-hydrogen) atoms. The normalized spacial score (nSPS) is 11.5. The first-order valence-corrected chi connectivity index (χ1v) is 18.1. The van der Waals surface area contributed by atoms with E-state index in [9.17, 15) is 0 Å². The highest BCUT2D eigenvalue weighted by Gasteiger charge is 2.17. The first kappa shape index (κ1) is 29.5. The minimum absolute atomic E-state index is 0.712. The van der Waals surface area contributed by atoms with Gasteiger partial charge in [0, 0.05) is 42.2 Å². The van der Waals surface area contributed by atoms with E-state index in [0.717, 1.165) is 39.2 Å². The molecular weight excluding hydrogens is 637 g/mol. The van der Waals surface area contributed by atoms with Crippen LogP contribution in [0, 0.1) is 0 Å². The lowest BCUT2D eigenvalue weighted by Gasteiger charge is -2.13. The molecule has 8 aromatic carbocycles. The average Bonchev–Trinajstić information content (AvgIpc) is 3.61. The standard InChI is InChI=1S/C48H30N2S/c1-4-14-31(15-5-1)35-26-36(28-37(27-35)44-30-43(32-16-6-2-7-17-32)49-48(50-44)33-18-8-3-9-19-33)34-24-25-45-42(29-34)46-40-22-12-10-20-38(40)39-21-11-13-23-41(39)47(46)51-45/h1-30H. The van der Waals surface area contributed by atoms with Gasteiger partial charge in [-0.2, -0.15) is 0 Å². The van der Waals surface area contributed by atoms with E-state index in [-0.39, 0.29) is 0 Å². The number of nitrogens with zero attached hydrogens (tertiary/aromatic N) is 2. The van der Waals surface area contributed by atoms with Crippen molar-refractivity contribution in [2.45, 2.75) is 0 Å². The maximum atomic E-state index is 5.21. The van der Waals surface area contributed by atoms with Gasteiger partial charge in [0.15, 0.2) is 5.82 Å². The molecule has 2 heterocycles. The third-order valence-electron chi connectivity index (χ3n) is 9.84. The van der Waals surface area contributed by atoms with Crippen molar-refractivity contribution in [2.75, 3.05) is 0 Å². The Bertz CT molecular complexity index is 2840. The van der Waals surface area contributed by atoms with Crippen molar-refractivity contribution in [1.82, 2.24) is 9.97 Å². The van der Waals surface area contributed by atoms with Crippen LogP contribution in [0.25, 0.3) is 97.9 Å². The van der Waals surface area contributed by atoms with Crippen LogP contribution >= 0.6 is 11.3 Å². The zero-order valence-corrected chi connectivity index (χ0v) is 28.4. The van der Waals surface area contributed by atoms with Crippen molar-refractivity contribution >= 4 is 53.1 Å². The summed E-state index contributed by atoms with van der Waals surface area (Å²) < 4.78 is 2.64. The van der Waals surface area contributed by atoms with Crippen LogP contribution in [-0.4, -0.2) is 9.97 Å². The largest absolute Gasteiger partial charge is 0.228 e. The third-order valence-corrected chi connectivity index (χ3v) is 11.0. The van der Waals surface area contributed by atoms with E-state index in [1.165, 1.54) is 52.8 Å². The topological polar surface area (TPSA) is 25.8 Å². The van der Waals surface area contributed by atoms with Crippen LogP contribution in [0.4, 0.5) is 0 Å². The Hall–Kier alpha value is -6.42. The SMILES string of the molecule is c1ccc(-c2cc(-c3ccc4sc5c6ccccc6c6ccccc6c5c4c3)cc(-c3cc(-c4ccccc4)nc(-c4ccccc4)n3)c2)cc1. The van der Waals surface area contributed by atoms with Gasteiger partial charge in [-0.05, 0) is 74.8 Å². The van der Waals surface area contributed by atoms with E-state index in [4.69, 9.17) is 9.97 Å². The highest BCUT2D eigenvalue weighted by atomic mass is 32.1. The van der Waals surface area contributed by atoms with Crippen molar-refractivity contribution in [3.8, 4) is 56.2 Å². The van der Waals surface area contributed by atoms with E-state index in [1.807, 2.05) is 35.6 Å². The molecule has 0 aliphatic carbocycles. The molecule has 0 saturated heterocycles. The van der Waals surface area contributed by atoms with E-state index in [1.54, 1.807) is 0 Å². The predicted molar refractivity (Wildman–Crippen MR) is 217 cm³/mol. The summed E-state index contributed by atoms with van der Waals surface area (Å²) in [4.78, 5) is 10.3. The molecule has 0 bridgehead atoms. The summed E-state index contributed by atoms with van der Waals surface area (Å²) in [5, 5.41) is 7.85. The Balaban J connectivity index is 1.22. The van der Waals surface area contributed by atoms with Gasteiger partial charge in [0.1, 0.15) is 0 Å². The Labute approximate surface area is 300 Å². The summed E-state index contributed by atoms with van der Waals surface area (Å²) in [6.07, 6.45) is 0. The zero-order valence-electron chi connectivity index (χ0n) is 27.6. The zero-order chi connectivity index (χ0) is 33.7. The van der Waals surface area contributed by atoms with Crippen LogP contribution in [0.1, 0.15) is 0 Å². The summed E-state index contributed by atoms with van der Waals surface area (Å²) in [6.45, 7) is 0. The summed E-state index contributed by atoms with van der Waals surface area (Å²) in [5.74, 6) is 0.712. The molecule has 3 heteroatoms. The first-order valence-electron chi connectivity index (χ1n) is 17.2. The van der Waals surface area contributed by atoms with E-state index >= 15 is 0 Å². The van der Waals surface area contributed by atoms with Gasteiger partial charge in [0.05, 0.1) is 11.4 Å². The van der Waals surface area contributed by atoms with Gasteiger partial charge in [-0.3, -0.25) is 0 Å². The second-order valence-corrected chi connectivity index (χ2v) is 14.0. The van der Waals surface area contributed by atoms with Gasteiger partial charge in [-0.25, -0.2) is 9.97 Å². The van der Waals surface area contributed by atoms with Gasteiger partial charge in [0.2, 0.25) is 0 Å². The van der Waals surface area contributed by atoms with E-state index in [2.05, 4.69) is 158 Å². The average molecular weight is 667 g/mol. The minimum Gasteiger partial charge on any atom is -0.228 e. The second-order valence-electron chi connectivity index (χ2n) is 13.0. The van der Waals surface area contributed by atoms with Crippen LogP contribution in [0.3, 0.4) is 0 Å². The summed E-state index contributed by atoms with van der Waals surface area (Å²) >= 11 is 1.89. The molecule has 0 N–H and O–H groups in total. The number of rotatable bonds is 5. The molecule has 0 fully saturated rings. The molecule has 0 unspecified atom stereocenters. The maximum Gasteiger partial charge on any atom is 0.160 e. The van der Waals surface area contributed by atoms with Gasteiger partial charge in [-0.1, -0.05) is 146 Å². The van der Waals surface area contributed by atoms with E-state index < -0.39 is 0 Å². The molecule has 2 aromatic heterocycles. The number of hydrogen-bond acceptors (Lipinski definition) is 3. The van der Waals surface area contributed by atoms with Gasteiger partial charge < -0.3 is 0 Å². The molecule has 10 rings (SSSR count). The maximum absolute atomic E-state index is 5.21. The lowest BCUT2D eigenvalue weighted by atomic mass is 9.93. The molecule has 2 nitrogen and oxygen atoms in total. The fraction of sp³-hybridized carbons (Fsp3) is 0. The number of hydrogen-bond donors (Lipinski definition) is 0. The Morgan fingerprint density at radius 1 is 0.314 bits per heavy atom. The monoisotopic (exact) mass is 666 g/mol. The van der Waals surface area contributed by atoms with Crippen LogP contribution in [0.5, 0.6) is 0 Å². The van der Waals surface area contributed by atoms with Crippen LogP contribution < -0.4 is 0 Å². The fourth-order valence-corrected chi connectivity index (χ4v) is 8.63. The third kappa shape index (κ3) is 5.18. The number of benzene rings is 8. The Morgan fingerprint density at radius 2 is 0.824 bits per heavy atom. The highest BCUT2D eigenvalue weighted by Crippen LogP contribution is 2.45. The number of fused-ring (bicyclic) bond motifs is 8. The molecule has 0 aliphatic rings. The van der Waals surface area contributed by atoms with E-state index in [0.29, 0.717) is 5.82 Å². The van der Waals surface area contributed by atoms with Crippen molar-refractivity contribution in [2.24, 2.45) is 0 Å². The molecule has 10 aromatic rings. The Kier molecular flexibility index (Phi) is 7.04. The molecule has 0 radical (unpaired) electrons. The fourth-order valence-electron chi connectivity index (χ4n) is 7.39. The predicted octanol–water partition coefficient (Wildman–Crippen LogP) is 13.5. The quantitative estimate of drug-likeness (QED) is 0.171. The van der Waals surface area contributed by atoms with Crippen molar-refractivity contribution < 1.29 is 0 Å². The lowest BCUT2D eigenvalue weighted by molar-refractivity contribution is 1.18. The highest BCUT2D eigenvalue weighted by molar-refractivity contribution is 7.27. The molecule has 0 saturated carbocycles. The van der Waals surface area contributed by atoms with Gasteiger partial charge in [-0.15, -0.1) is 11.3 Å². The van der Waals surface area contributed by atoms with Crippen molar-refractivity contribution in [3.63, 3.8) is 0 Å². The smallest absolute Gasteiger partial charge is 0.160 e. The molecule has 0 aliphatic heterocycles. The van der Waals surface area contributed by atoms with Crippen molar-refractivity contribution in [3.05, 3.63) is 182 Å². The van der Waals surface area contributed by atoms with Crippen LogP contribution in [-0.2, 0) is 0 Å². The Morgan fingerprint density at radius 3 is 1.51 bits per heavy atom. The minimum atomic E-state index is 0.712. The molecule has 238 valence electrons. The molecule has 0 amide bonds. The number of aromatic nitrogens is 2. The van der Waals surface area contributed by atoms with Crippen LogP contribution in [0.2, 0.25) is 0 Å². The van der Waals surface area contributed by atoms with Crippen molar-refractivity contribution in [1.29, 1.82) is 0 Å². The second kappa shape index (κ2) is 12.2. The molecule has 0 spiro atoms. The summed E-state index contributed by atoms with van der Waals surface area (Å²) in [5.41, 5.74) is 9.54. The lowest BCUT2D eigenvalue weighted by Crippen LogP contribution is -1.96. The molecule has 0 atom stereocenters. The van der Waals surface area contributed by atoms with Gasteiger partial charge in [0.25, 0.3) is 0 Å². The summed E-state index contributed by atoms with van der Waals surface area (Å²) in [7, 11) is 0. The van der Waals surface area contributed by atoms with Crippen LogP contribution in [0.15, 0.2) is 182 Å². The molecular formula is C48H30N2S. The summed E-state index contributed by atoms with van der Waals surface area (Å²) in [6, 6.07) is 64.9. The van der Waals surface area contributed by atoms with Gasteiger partial charge >= 0.3 is 0 Å².